The second kappa shape index (κ2) is 4.11. The molecule has 60 valence electrons. The van der Waals surface area contributed by atoms with Crippen LogP contribution in [0.25, 0.3) is 0 Å². The van der Waals surface area contributed by atoms with E-state index >= 15 is 0 Å². The van der Waals surface area contributed by atoms with Gasteiger partial charge in [0.05, 0.1) is 0 Å². The predicted octanol–water partition coefficient (Wildman–Crippen LogP) is -2.26. The van der Waals surface area contributed by atoms with Crippen LogP contribution >= 0.6 is 0 Å². The van der Waals surface area contributed by atoms with Crippen LogP contribution in [-0.4, -0.2) is 29.8 Å². The summed E-state index contributed by atoms with van der Waals surface area (Å²) in [6.45, 7) is -0.557. The SMILES string of the molecule is N#CN(CC(N)=O)CC(N)=O. The second-order valence-electron chi connectivity index (χ2n) is 1.89. The molecule has 0 aliphatic rings. The van der Waals surface area contributed by atoms with E-state index in [1.807, 2.05) is 0 Å². The van der Waals surface area contributed by atoms with Crippen molar-refractivity contribution in [3.63, 3.8) is 0 Å². The van der Waals surface area contributed by atoms with Gasteiger partial charge in [0.2, 0.25) is 11.8 Å². The van der Waals surface area contributed by atoms with E-state index < -0.39 is 11.8 Å². The first-order chi connectivity index (χ1) is 5.06. The third-order valence-corrected chi connectivity index (χ3v) is 0.835. The summed E-state index contributed by atoms with van der Waals surface area (Å²) >= 11 is 0. The number of nitrogens with two attached hydrogens (primary N) is 2. The highest BCUT2D eigenvalue weighted by atomic mass is 16.2. The van der Waals surface area contributed by atoms with Crippen molar-refractivity contribution < 1.29 is 9.59 Å². The maximum Gasteiger partial charge on any atom is 0.237 e. The van der Waals surface area contributed by atoms with Gasteiger partial charge >= 0.3 is 0 Å². The first kappa shape index (κ1) is 9.23. The number of carbonyl (C=O) groups is 2. The fourth-order valence-corrected chi connectivity index (χ4v) is 0.503. The Kier molecular flexibility index (Phi) is 3.45. The largest absolute Gasteiger partial charge is 0.368 e. The molecule has 11 heavy (non-hydrogen) atoms. The minimum absolute atomic E-state index is 0.278. The monoisotopic (exact) mass is 156 g/mol. The molecular formula is C5H8N4O2. The average molecular weight is 156 g/mol. The summed E-state index contributed by atoms with van der Waals surface area (Å²) in [5, 5.41) is 8.28. The first-order valence-corrected chi connectivity index (χ1v) is 2.77. The van der Waals surface area contributed by atoms with Crippen molar-refractivity contribution in [2.75, 3.05) is 13.1 Å². The number of hydrogen-bond acceptors (Lipinski definition) is 4. The molecule has 6 heteroatoms. The molecule has 0 radical (unpaired) electrons. The molecule has 0 saturated carbocycles. The Labute approximate surface area is 63.4 Å². The Bertz CT molecular complexity index is 191. The first-order valence-electron chi connectivity index (χ1n) is 2.77. The fourth-order valence-electron chi connectivity index (χ4n) is 0.503. The zero-order chi connectivity index (χ0) is 8.85. The van der Waals surface area contributed by atoms with Gasteiger partial charge in [-0.2, -0.15) is 5.26 Å². The number of nitriles is 1. The molecular weight excluding hydrogens is 148 g/mol. The van der Waals surface area contributed by atoms with Crippen molar-refractivity contribution in [1.82, 2.24) is 4.90 Å². The van der Waals surface area contributed by atoms with Gasteiger partial charge in [0.25, 0.3) is 0 Å². The highest BCUT2D eigenvalue weighted by Gasteiger charge is 2.07. The summed E-state index contributed by atoms with van der Waals surface area (Å²) in [6, 6.07) is 0. The number of carbonyl (C=O) groups excluding carboxylic acids is 2. The lowest BCUT2D eigenvalue weighted by Gasteiger charge is -2.09. The van der Waals surface area contributed by atoms with Crippen molar-refractivity contribution in [3.8, 4) is 6.19 Å². The molecule has 0 aromatic carbocycles. The summed E-state index contributed by atoms with van der Waals surface area (Å²) < 4.78 is 0. The molecule has 0 saturated heterocycles. The highest BCUT2D eigenvalue weighted by Crippen LogP contribution is 1.81. The number of rotatable bonds is 4. The average Bonchev–Trinajstić information content (AvgIpc) is 1.84. The van der Waals surface area contributed by atoms with E-state index in [9.17, 15) is 9.59 Å². The normalized spacial score (nSPS) is 8.27. The molecule has 0 aliphatic carbocycles. The van der Waals surface area contributed by atoms with Gasteiger partial charge in [0.1, 0.15) is 13.1 Å². The second-order valence-corrected chi connectivity index (χ2v) is 1.89. The lowest BCUT2D eigenvalue weighted by atomic mass is 10.5. The Morgan fingerprint density at radius 1 is 1.27 bits per heavy atom. The third kappa shape index (κ3) is 4.72. The van der Waals surface area contributed by atoms with E-state index in [4.69, 9.17) is 16.7 Å². The maximum absolute atomic E-state index is 10.2. The summed E-state index contributed by atoms with van der Waals surface area (Å²) in [5.74, 6) is -1.35. The van der Waals surface area contributed by atoms with E-state index in [1.165, 1.54) is 0 Å². The van der Waals surface area contributed by atoms with Gasteiger partial charge in [-0.15, -0.1) is 0 Å². The molecule has 4 N–H and O–H groups in total. The zero-order valence-electron chi connectivity index (χ0n) is 5.78. The highest BCUT2D eigenvalue weighted by molar-refractivity contribution is 5.79. The molecule has 0 bridgehead atoms. The molecule has 0 aromatic heterocycles. The quantitative estimate of drug-likeness (QED) is 0.353. The van der Waals surface area contributed by atoms with E-state index in [0.29, 0.717) is 0 Å². The van der Waals surface area contributed by atoms with Gasteiger partial charge in [-0.25, -0.2) is 0 Å². The van der Waals surface area contributed by atoms with E-state index in [-0.39, 0.29) is 13.1 Å². The van der Waals surface area contributed by atoms with Gasteiger partial charge < -0.3 is 11.5 Å². The third-order valence-electron chi connectivity index (χ3n) is 0.835. The molecule has 0 heterocycles. The van der Waals surface area contributed by atoms with Crippen LogP contribution in [0.4, 0.5) is 0 Å². The van der Waals surface area contributed by atoms with Crippen LogP contribution in [0.2, 0.25) is 0 Å². The van der Waals surface area contributed by atoms with Crippen LogP contribution in [0.1, 0.15) is 0 Å². The lowest BCUT2D eigenvalue weighted by Crippen LogP contribution is -2.36. The standard InChI is InChI=1S/C5H8N4O2/c6-3-9(1-4(7)10)2-5(8)11/h1-2H2,(H2,7,10)(H2,8,11). The fraction of sp³-hybridized carbons (Fsp3) is 0.400. The van der Waals surface area contributed by atoms with Crippen molar-refractivity contribution in [2.24, 2.45) is 11.5 Å². The lowest BCUT2D eigenvalue weighted by molar-refractivity contribution is -0.120. The minimum atomic E-state index is -0.673. The van der Waals surface area contributed by atoms with Crippen LogP contribution in [0.15, 0.2) is 0 Å². The van der Waals surface area contributed by atoms with Crippen LogP contribution in [-0.2, 0) is 9.59 Å². The summed E-state index contributed by atoms with van der Waals surface area (Å²) in [6.07, 6.45) is 1.60. The van der Waals surface area contributed by atoms with E-state index in [2.05, 4.69) is 0 Å². The summed E-state index contributed by atoms with van der Waals surface area (Å²) in [5.41, 5.74) is 9.52. The smallest absolute Gasteiger partial charge is 0.237 e. The molecule has 6 nitrogen and oxygen atoms in total. The molecule has 0 spiro atoms. The minimum Gasteiger partial charge on any atom is -0.368 e. The maximum atomic E-state index is 10.2. The van der Waals surface area contributed by atoms with Crippen molar-refractivity contribution >= 4 is 11.8 Å². The van der Waals surface area contributed by atoms with Crippen molar-refractivity contribution in [3.05, 3.63) is 0 Å². The summed E-state index contributed by atoms with van der Waals surface area (Å²) in [4.78, 5) is 21.3. The molecule has 0 aromatic rings. The van der Waals surface area contributed by atoms with E-state index in [0.717, 1.165) is 4.90 Å². The Morgan fingerprint density at radius 3 is 1.82 bits per heavy atom. The summed E-state index contributed by atoms with van der Waals surface area (Å²) in [7, 11) is 0. The Hall–Kier alpha value is -1.77. The molecule has 0 unspecified atom stereocenters. The van der Waals surface area contributed by atoms with Gasteiger partial charge in [-0.3, -0.25) is 14.5 Å². The van der Waals surface area contributed by atoms with Crippen molar-refractivity contribution in [2.45, 2.75) is 0 Å². The molecule has 2 amide bonds. The van der Waals surface area contributed by atoms with Crippen LogP contribution in [0.3, 0.4) is 0 Å². The van der Waals surface area contributed by atoms with Gasteiger partial charge in [-0.05, 0) is 0 Å². The zero-order valence-corrected chi connectivity index (χ0v) is 5.78. The Balaban J connectivity index is 3.89. The molecule has 0 aliphatic heterocycles. The topological polar surface area (TPSA) is 113 Å². The van der Waals surface area contributed by atoms with Crippen LogP contribution in [0.5, 0.6) is 0 Å². The molecule has 0 rings (SSSR count). The van der Waals surface area contributed by atoms with Gasteiger partial charge in [0, 0.05) is 0 Å². The molecule has 0 fully saturated rings. The predicted molar refractivity (Wildman–Crippen MR) is 35.6 cm³/mol. The number of primary amides is 2. The van der Waals surface area contributed by atoms with E-state index in [1.54, 1.807) is 6.19 Å². The van der Waals surface area contributed by atoms with Crippen LogP contribution in [0, 0.1) is 11.5 Å². The Morgan fingerprint density at radius 2 is 1.64 bits per heavy atom. The molecule has 0 atom stereocenters. The number of amides is 2. The number of hydrogen-bond donors (Lipinski definition) is 2. The van der Waals surface area contributed by atoms with Gasteiger partial charge in [0.15, 0.2) is 6.19 Å². The van der Waals surface area contributed by atoms with Crippen molar-refractivity contribution in [1.29, 1.82) is 5.26 Å². The van der Waals surface area contributed by atoms with Gasteiger partial charge in [-0.1, -0.05) is 0 Å². The van der Waals surface area contributed by atoms with Crippen LogP contribution < -0.4 is 11.5 Å². The number of nitrogens with zero attached hydrogens (tertiary/aromatic N) is 2.